The third-order valence-corrected chi connectivity index (χ3v) is 2.64. The van der Waals surface area contributed by atoms with Gasteiger partial charge in [0.05, 0.1) is 0 Å². The normalized spacial score (nSPS) is 12.4. The standard InChI is InChI=1S/C13H16FN3O2/c1-3-12-16-17-13(19-12)7-18-9-4-5-10(8(2)15)11(14)6-9/h4-6,8H,3,7,15H2,1-2H3. The van der Waals surface area contributed by atoms with Gasteiger partial charge in [-0.3, -0.25) is 0 Å². The molecule has 1 atom stereocenters. The Morgan fingerprint density at radius 3 is 2.68 bits per heavy atom. The number of aryl methyl sites for hydroxylation is 1. The van der Waals surface area contributed by atoms with Crippen LogP contribution >= 0.6 is 0 Å². The molecule has 1 heterocycles. The monoisotopic (exact) mass is 265 g/mol. The third kappa shape index (κ3) is 3.29. The summed E-state index contributed by atoms with van der Waals surface area (Å²) in [5, 5.41) is 7.63. The number of hydrogen-bond acceptors (Lipinski definition) is 5. The molecule has 102 valence electrons. The topological polar surface area (TPSA) is 74.2 Å². The molecule has 5 nitrogen and oxygen atoms in total. The largest absolute Gasteiger partial charge is 0.484 e. The van der Waals surface area contributed by atoms with Crippen molar-refractivity contribution in [2.75, 3.05) is 0 Å². The molecule has 2 rings (SSSR count). The number of halogens is 1. The molecule has 0 bridgehead atoms. The van der Waals surface area contributed by atoms with E-state index in [9.17, 15) is 4.39 Å². The minimum Gasteiger partial charge on any atom is -0.484 e. The predicted octanol–water partition coefficient (Wildman–Crippen LogP) is 2.37. The summed E-state index contributed by atoms with van der Waals surface area (Å²) in [6.45, 7) is 3.76. The van der Waals surface area contributed by atoms with Gasteiger partial charge < -0.3 is 14.9 Å². The summed E-state index contributed by atoms with van der Waals surface area (Å²) in [5.41, 5.74) is 6.09. The van der Waals surface area contributed by atoms with Gasteiger partial charge in [0.15, 0.2) is 6.61 Å². The molecule has 1 aromatic heterocycles. The first-order valence-corrected chi connectivity index (χ1v) is 6.09. The molecule has 2 aromatic rings. The van der Waals surface area contributed by atoms with Crippen LogP contribution in [0.3, 0.4) is 0 Å². The lowest BCUT2D eigenvalue weighted by atomic mass is 10.1. The molecular formula is C13H16FN3O2. The van der Waals surface area contributed by atoms with Gasteiger partial charge in [0.25, 0.3) is 5.89 Å². The SMILES string of the molecule is CCc1nnc(COc2ccc(C(C)N)c(F)c2)o1. The zero-order valence-electron chi connectivity index (χ0n) is 10.9. The highest BCUT2D eigenvalue weighted by Crippen LogP contribution is 2.21. The van der Waals surface area contributed by atoms with E-state index in [1.54, 1.807) is 19.1 Å². The lowest BCUT2D eigenvalue weighted by Gasteiger charge is -2.09. The maximum Gasteiger partial charge on any atom is 0.253 e. The number of benzene rings is 1. The van der Waals surface area contributed by atoms with Gasteiger partial charge in [0.1, 0.15) is 11.6 Å². The van der Waals surface area contributed by atoms with Crippen LogP contribution in [0.5, 0.6) is 5.75 Å². The molecule has 1 aromatic carbocycles. The van der Waals surface area contributed by atoms with Crippen molar-refractivity contribution < 1.29 is 13.5 Å². The Bertz CT molecular complexity index is 555. The van der Waals surface area contributed by atoms with Gasteiger partial charge in [-0.2, -0.15) is 0 Å². The molecule has 19 heavy (non-hydrogen) atoms. The van der Waals surface area contributed by atoms with Gasteiger partial charge >= 0.3 is 0 Å². The average molecular weight is 265 g/mol. The fourth-order valence-electron chi connectivity index (χ4n) is 1.60. The second-order valence-corrected chi connectivity index (χ2v) is 4.20. The van der Waals surface area contributed by atoms with Crippen LogP contribution in [0.15, 0.2) is 22.6 Å². The number of ether oxygens (including phenoxy) is 1. The number of nitrogens with zero attached hydrogens (tertiary/aromatic N) is 2. The van der Waals surface area contributed by atoms with Gasteiger partial charge in [0, 0.05) is 24.1 Å². The summed E-state index contributed by atoms with van der Waals surface area (Å²) < 4.78 is 24.3. The van der Waals surface area contributed by atoms with E-state index in [1.165, 1.54) is 6.07 Å². The molecule has 0 saturated heterocycles. The van der Waals surface area contributed by atoms with Crippen molar-refractivity contribution in [2.24, 2.45) is 5.73 Å². The predicted molar refractivity (Wildman–Crippen MR) is 67.0 cm³/mol. The van der Waals surface area contributed by atoms with Crippen molar-refractivity contribution >= 4 is 0 Å². The molecule has 0 fully saturated rings. The molecule has 6 heteroatoms. The summed E-state index contributed by atoms with van der Waals surface area (Å²) in [5.74, 6) is 0.941. The maximum atomic E-state index is 13.7. The lowest BCUT2D eigenvalue weighted by Crippen LogP contribution is -2.07. The van der Waals surface area contributed by atoms with Crippen LogP contribution in [-0.4, -0.2) is 10.2 Å². The molecule has 0 aliphatic heterocycles. The van der Waals surface area contributed by atoms with Gasteiger partial charge in [-0.25, -0.2) is 4.39 Å². The van der Waals surface area contributed by atoms with Crippen LogP contribution in [-0.2, 0) is 13.0 Å². The van der Waals surface area contributed by atoms with Crippen LogP contribution in [0.4, 0.5) is 4.39 Å². The van der Waals surface area contributed by atoms with Crippen molar-refractivity contribution in [1.29, 1.82) is 0 Å². The number of rotatable bonds is 5. The van der Waals surface area contributed by atoms with E-state index >= 15 is 0 Å². The smallest absolute Gasteiger partial charge is 0.253 e. The van der Waals surface area contributed by atoms with E-state index in [0.717, 1.165) is 0 Å². The zero-order valence-corrected chi connectivity index (χ0v) is 10.9. The van der Waals surface area contributed by atoms with Crippen LogP contribution in [0.2, 0.25) is 0 Å². The van der Waals surface area contributed by atoms with Crippen LogP contribution in [0.25, 0.3) is 0 Å². The molecule has 2 N–H and O–H groups in total. The molecule has 0 spiro atoms. The Hall–Kier alpha value is -1.95. The number of aromatic nitrogens is 2. The minimum atomic E-state index is -0.382. The van der Waals surface area contributed by atoms with Gasteiger partial charge in [-0.15, -0.1) is 10.2 Å². The van der Waals surface area contributed by atoms with Gasteiger partial charge in [-0.1, -0.05) is 13.0 Å². The van der Waals surface area contributed by atoms with Crippen LogP contribution < -0.4 is 10.5 Å². The molecular weight excluding hydrogens is 249 g/mol. The highest BCUT2D eigenvalue weighted by Gasteiger charge is 2.09. The average Bonchev–Trinajstić information content (AvgIpc) is 2.84. The summed E-state index contributed by atoms with van der Waals surface area (Å²) >= 11 is 0. The van der Waals surface area contributed by atoms with Gasteiger partial charge in [0.2, 0.25) is 5.89 Å². The molecule has 1 unspecified atom stereocenters. The zero-order chi connectivity index (χ0) is 13.8. The summed E-state index contributed by atoms with van der Waals surface area (Å²) in [7, 11) is 0. The second kappa shape index (κ2) is 5.79. The van der Waals surface area contributed by atoms with E-state index in [4.69, 9.17) is 14.9 Å². The molecule has 0 aliphatic rings. The van der Waals surface area contributed by atoms with E-state index in [2.05, 4.69) is 10.2 Å². The van der Waals surface area contributed by atoms with Crippen LogP contribution in [0.1, 0.15) is 37.2 Å². The number of nitrogens with two attached hydrogens (primary N) is 1. The minimum absolute atomic E-state index is 0.115. The molecule has 0 amide bonds. The lowest BCUT2D eigenvalue weighted by molar-refractivity contribution is 0.258. The van der Waals surface area contributed by atoms with E-state index in [0.29, 0.717) is 29.5 Å². The van der Waals surface area contributed by atoms with Crippen molar-refractivity contribution in [3.63, 3.8) is 0 Å². The summed E-state index contributed by atoms with van der Waals surface area (Å²) in [4.78, 5) is 0. The molecule has 0 saturated carbocycles. The van der Waals surface area contributed by atoms with Crippen molar-refractivity contribution in [3.8, 4) is 5.75 Å². The first kappa shape index (κ1) is 13.5. The fourth-order valence-corrected chi connectivity index (χ4v) is 1.60. The highest BCUT2D eigenvalue weighted by atomic mass is 19.1. The van der Waals surface area contributed by atoms with E-state index < -0.39 is 0 Å². The molecule has 0 aliphatic carbocycles. The maximum absolute atomic E-state index is 13.7. The first-order chi connectivity index (χ1) is 9.10. The Labute approximate surface area is 110 Å². The van der Waals surface area contributed by atoms with Crippen LogP contribution in [0, 0.1) is 5.82 Å². The molecule has 0 radical (unpaired) electrons. The highest BCUT2D eigenvalue weighted by molar-refractivity contribution is 5.30. The van der Waals surface area contributed by atoms with Crippen molar-refractivity contribution in [3.05, 3.63) is 41.4 Å². The number of hydrogen-bond donors (Lipinski definition) is 1. The third-order valence-electron chi connectivity index (χ3n) is 2.64. The summed E-state index contributed by atoms with van der Waals surface area (Å²) in [6, 6.07) is 4.23. The Morgan fingerprint density at radius 2 is 2.11 bits per heavy atom. The van der Waals surface area contributed by atoms with Crippen molar-refractivity contribution in [1.82, 2.24) is 10.2 Å². The van der Waals surface area contributed by atoms with E-state index in [-0.39, 0.29) is 18.5 Å². The van der Waals surface area contributed by atoms with Crippen molar-refractivity contribution in [2.45, 2.75) is 32.9 Å². The first-order valence-electron chi connectivity index (χ1n) is 6.09. The summed E-state index contributed by atoms with van der Waals surface area (Å²) in [6.07, 6.45) is 0.671. The quantitative estimate of drug-likeness (QED) is 0.898. The Kier molecular flexibility index (Phi) is 4.11. The Morgan fingerprint density at radius 1 is 1.37 bits per heavy atom. The van der Waals surface area contributed by atoms with Gasteiger partial charge in [-0.05, 0) is 13.0 Å². The van der Waals surface area contributed by atoms with E-state index in [1.807, 2.05) is 6.92 Å². The fraction of sp³-hybridized carbons (Fsp3) is 0.385. The second-order valence-electron chi connectivity index (χ2n) is 4.20. The Balaban J connectivity index is 2.01.